The average molecular weight is 235 g/mol. The van der Waals surface area contributed by atoms with Gasteiger partial charge in [0.2, 0.25) is 5.91 Å². The van der Waals surface area contributed by atoms with Crippen LogP contribution in [0, 0.1) is 18.3 Å². The van der Waals surface area contributed by atoms with Gasteiger partial charge in [0, 0.05) is 25.0 Å². The second kappa shape index (κ2) is 6.03. The summed E-state index contributed by atoms with van der Waals surface area (Å²) in [6.45, 7) is 2.37. The van der Waals surface area contributed by atoms with Crippen LogP contribution in [0.3, 0.4) is 0 Å². The molecule has 0 aliphatic heterocycles. The lowest BCUT2D eigenvalue weighted by Gasteiger charge is -2.11. The minimum Gasteiger partial charge on any atom is -0.341 e. The zero-order valence-electron chi connectivity index (χ0n) is 9.30. The summed E-state index contributed by atoms with van der Waals surface area (Å²) in [7, 11) is 1.68. The van der Waals surface area contributed by atoms with Crippen molar-refractivity contribution in [3.63, 3.8) is 0 Å². The van der Waals surface area contributed by atoms with Crippen LogP contribution in [0.5, 0.6) is 0 Å². The highest BCUT2D eigenvalue weighted by Crippen LogP contribution is 2.09. The maximum absolute atomic E-state index is 11.5. The molecular weight excluding hydrogens is 222 g/mol. The largest absolute Gasteiger partial charge is 0.341 e. The Morgan fingerprint density at radius 3 is 3.06 bits per heavy atom. The Hall–Kier alpha value is -1.67. The molecular formula is C11H13N3OS. The summed E-state index contributed by atoms with van der Waals surface area (Å²) < 4.78 is 0. The van der Waals surface area contributed by atoms with Gasteiger partial charge < -0.3 is 4.90 Å². The standard InChI is InChI=1S/C11H13N3OS/c1-9-13-10(8-16-9)4-5-11(15)14(2)7-3-6-12/h4-5,8H,3,7H2,1-2H3/b5-4-. The molecule has 84 valence electrons. The predicted molar refractivity (Wildman–Crippen MR) is 63.8 cm³/mol. The first-order valence-electron chi connectivity index (χ1n) is 4.85. The number of hydrogen-bond acceptors (Lipinski definition) is 4. The molecule has 1 heterocycles. The van der Waals surface area contributed by atoms with E-state index in [1.807, 2.05) is 18.4 Å². The number of likely N-dealkylation sites (N-methyl/N-ethyl adjacent to an activating group) is 1. The summed E-state index contributed by atoms with van der Waals surface area (Å²) in [6, 6.07) is 2.00. The van der Waals surface area contributed by atoms with Crippen molar-refractivity contribution in [1.82, 2.24) is 9.88 Å². The highest BCUT2D eigenvalue weighted by molar-refractivity contribution is 7.09. The molecule has 1 aromatic heterocycles. The molecule has 0 atom stereocenters. The molecule has 0 N–H and O–H groups in total. The first-order chi connectivity index (χ1) is 7.63. The Kier molecular flexibility index (Phi) is 4.67. The van der Waals surface area contributed by atoms with Crippen LogP contribution in [-0.4, -0.2) is 29.4 Å². The van der Waals surface area contributed by atoms with Gasteiger partial charge in [-0.3, -0.25) is 4.79 Å². The predicted octanol–water partition coefficient (Wildman–Crippen LogP) is 1.84. The van der Waals surface area contributed by atoms with E-state index < -0.39 is 0 Å². The zero-order valence-corrected chi connectivity index (χ0v) is 10.1. The van der Waals surface area contributed by atoms with Gasteiger partial charge in [0.05, 0.1) is 23.2 Å². The Morgan fingerprint density at radius 2 is 2.50 bits per heavy atom. The van der Waals surface area contributed by atoms with Crippen molar-refractivity contribution in [1.29, 1.82) is 5.26 Å². The number of nitriles is 1. The minimum atomic E-state index is -0.110. The molecule has 0 aliphatic rings. The smallest absolute Gasteiger partial charge is 0.246 e. The number of hydrogen-bond donors (Lipinski definition) is 0. The highest BCUT2D eigenvalue weighted by Gasteiger charge is 2.03. The second-order valence-electron chi connectivity index (χ2n) is 3.29. The summed E-state index contributed by atoms with van der Waals surface area (Å²) in [6.07, 6.45) is 3.52. The Morgan fingerprint density at radius 1 is 1.75 bits per heavy atom. The maximum atomic E-state index is 11.5. The number of rotatable bonds is 4. The lowest BCUT2D eigenvalue weighted by molar-refractivity contribution is -0.124. The van der Waals surface area contributed by atoms with Crippen LogP contribution in [-0.2, 0) is 4.79 Å². The van der Waals surface area contributed by atoms with E-state index in [9.17, 15) is 4.79 Å². The van der Waals surface area contributed by atoms with E-state index in [4.69, 9.17) is 5.26 Å². The van der Waals surface area contributed by atoms with Gasteiger partial charge in [-0.2, -0.15) is 5.26 Å². The quantitative estimate of drug-likeness (QED) is 0.748. The van der Waals surface area contributed by atoms with E-state index in [1.165, 1.54) is 11.0 Å². The minimum absolute atomic E-state index is 0.110. The third-order valence-electron chi connectivity index (χ3n) is 1.97. The fourth-order valence-electron chi connectivity index (χ4n) is 1.07. The fourth-order valence-corrected chi connectivity index (χ4v) is 1.65. The van der Waals surface area contributed by atoms with E-state index in [1.54, 1.807) is 24.5 Å². The number of aromatic nitrogens is 1. The van der Waals surface area contributed by atoms with Crippen molar-refractivity contribution < 1.29 is 4.79 Å². The first-order valence-corrected chi connectivity index (χ1v) is 5.73. The lowest BCUT2D eigenvalue weighted by atomic mass is 10.3. The van der Waals surface area contributed by atoms with Crippen molar-refractivity contribution in [2.75, 3.05) is 13.6 Å². The molecule has 0 saturated heterocycles. The lowest BCUT2D eigenvalue weighted by Crippen LogP contribution is -2.25. The number of aryl methyl sites for hydroxylation is 1. The molecule has 1 rings (SSSR count). The van der Waals surface area contributed by atoms with E-state index >= 15 is 0 Å². The van der Waals surface area contributed by atoms with Gasteiger partial charge in [-0.25, -0.2) is 4.98 Å². The number of nitrogens with zero attached hydrogens (tertiary/aromatic N) is 3. The number of carbonyl (C=O) groups excluding carboxylic acids is 1. The summed E-state index contributed by atoms with van der Waals surface area (Å²) in [5, 5.41) is 11.3. The highest BCUT2D eigenvalue weighted by atomic mass is 32.1. The van der Waals surface area contributed by atoms with Gasteiger partial charge in [0.1, 0.15) is 0 Å². The van der Waals surface area contributed by atoms with Crippen molar-refractivity contribution >= 4 is 23.3 Å². The van der Waals surface area contributed by atoms with Crippen LogP contribution < -0.4 is 0 Å². The SMILES string of the molecule is Cc1nc(/C=C\C(=O)N(C)CCC#N)cs1. The topological polar surface area (TPSA) is 57.0 Å². The Bertz CT molecular complexity index is 431. The maximum Gasteiger partial charge on any atom is 0.246 e. The Labute approximate surface area is 98.8 Å². The molecule has 0 radical (unpaired) electrons. The van der Waals surface area contributed by atoms with Crippen LogP contribution in [0.4, 0.5) is 0 Å². The van der Waals surface area contributed by atoms with E-state index in [2.05, 4.69) is 4.98 Å². The molecule has 0 fully saturated rings. The van der Waals surface area contributed by atoms with E-state index in [0.717, 1.165) is 10.7 Å². The van der Waals surface area contributed by atoms with Gasteiger partial charge >= 0.3 is 0 Å². The van der Waals surface area contributed by atoms with Crippen LogP contribution in [0.2, 0.25) is 0 Å². The van der Waals surface area contributed by atoms with Gasteiger partial charge in [-0.05, 0) is 13.0 Å². The summed E-state index contributed by atoms with van der Waals surface area (Å²) >= 11 is 1.55. The summed E-state index contributed by atoms with van der Waals surface area (Å²) in [5.41, 5.74) is 0.796. The molecule has 0 aliphatic carbocycles. The van der Waals surface area contributed by atoms with Gasteiger partial charge in [0.25, 0.3) is 0 Å². The monoisotopic (exact) mass is 235 g/mol. The van der Waals surface area contributed by atoms with Crippen molar-refractivity contribution in [3.8, 4) is 6.07 Å². The number of thiazole rings is 1. The van der Waals surface area contributed by atoms with Crippen LogP contribution >= 0.6 is 11.3 Å². The summed E-state index contributed by atoms with van der Waals surface area (Å²) in [4.78, 5) is 17.3. The fraction of sp³-hybridized carbons (Fsp3) is 0.364. The zero-order chi connectivity index (χ0) is 12.0. The third-order valence-corrected chi connectivity index (χ3v) is 2.76. The van der Waals surface area contributed by atoms with Crippen LogP contribution in [0.15, 0.2) is 11.5 Å². The molecule has 0 aromatic carbocycles. The van der Waals surface area contributed by atoms with Crippen molar-refractivity contribution in [3.05, 3.63) is 22.2 Å². The normalized spacial score (nSPS) is 10.3. The number of carbonyl (C=O) groups is 1. The molecule has 16 heavy (non-hydrogen) atoms. The summed E-state index contributed by atoms with van der Waals surface area (Å²) in [5.74, 6) is -0.110. The molecule has 5 heteroatoms. The van der Waals surface area contributed by atoms with Gasteiger partial charge in [-0.15, -0.1) is 11.3 Å². The molecule has 0 unspecified atom stereocenters. The van der Waals surface area contributed by atoms with Crippen LogP contribution in [0.25, 0.3) is 6.08 Å². The molecule has 4 nitrogen and oxygen atoms in total. The van der Waals surface area contributed by atoms with E-state index in [-0.39, 0.29) is 5.91 Å². The second-order valence-corrected chi connectivity index (χ2v) is 4.35. The number of amides is 1. The van der Waals surface area contributed by atoms with Crippen molar-refractivity contribution in [2.45, 2.75) is 13.3 Å². The third kappa shape index (κ3) is 3.83. The molecule has 0 spiro atoms. The van der Waals surface area contributed by atoms with Crippen LogP contribution in [0.1, 0.15) is 17.1 Å². The van der Waals surface area contributed by atoms with E-state index in [0.29, 0.717) is 13.0 Å². The molecule has 0 bridgehead atoms. The first kappa shape index (κ1) is 12.4. The average Bonchev–Trinajstić information content (AvgIpc) is 2.68. The van der Waals surface area contributed by atoms with Gasteiger partial charge in [-0.1, -0.05) is 0 Å². The Balaban J connectivity index is 2.51. The molecule has 1 aromatic rings. The molecule has 0 saturated carbocycles. The van der Waals surface area contributed by atoms with Crippen molar-refractivity contribution in [2.24, 2.45) is 0 Å². The molecule has 1 amide bonds. The van der Waals surface area contributed by atoms with Gasteiger partial charge in [0.15, 0.2) is 0 Å².